The maximum absolute atomic E-state index is 10.1. The van der Waals surface area contributed by atoms with Gasteiger partial charge in [-0.25, -0.2) is 0 Å². The van der Waals surface area contributed by atoms with Gasteiger partial charge in [-0.2, -0.15) is 0 Å². The first-order valence-electron chi connectivity index (χ1n) is 2.70. The Morgan fingerprint density at radius 2 is 1.78 bits per heavy atom. The summed E-state index contributed by atoms with van der Waals surface area (Å²) in [5.74, 6) is 0. The molecular formula is C7H5HgO. The molecule has 1 aromatic rings. The first kappa shape index (κ1) is 6.94. The first-order valence-corrected chi connectivity index (χ1v) is 5.45. The topological polar surface area (TPSA) is 17.1 Å². The summed E-state index contributed by atoms with van der Waals surface area (Å²) in [6.07, 6.45) is 0.868. The third kappa shape index (κ3) is 1.90. The van der Waals surface area contributed by atoms with Crippen LogP contribution in [-0.4, -0.2) is 6.29 Å². The van der Waals surface area contributed by atoms with E-state index < -0.39 is 0 Å². The number of benzene rings is 1. The molecule has 0 N–H and O–H groups in total. The van der Waals surface area contributed by atoms with E-state index >= 15 is 0 Å². The zero-order valence-electron chi connectivity index (χ0n) is 5.00. The minimum atomic E-state index is 0.684. The molecule has 1 aromatic carbocycles. The molecule has 0 fully saturated rings. The molecule has 41 valence electrons. The van der Waals surface area contributed by atoms with Gasteiger partial charge in [-0.3, -0.25) is 0 Å². The summed E-state index contributed by atoms with van der Waals surface area (Å²) in [7, 11) is 0. The molecule has 0 aliphatic rings. The van der Waals surface area contributed by atoms with Gasteiger partial charge < -0.3 is 0 Å². The molecule has 0 atom stereocenters. The monoisotopic (exact) mass is 307 g/mol. The fourth-order valence-corrected chi connectivity index (χ4v) is 1.51. The van der Waals surface area contributed by atoms with E-state index in [0.717, 1.165) is 11.8 Å². The summed E-state index contributed by atoms with van der Waals surface area (Å²) in [5.41, 5.74) is 0.768. The Kier molecular flexibility index (Phi) is 2.40. The predicted octanol–water partition coefficient (Wildman–Crippen LogP) is 0.671. The molecule has 9 heavy (non-hydrogen) atoms. The van der Waals surface area contributed by atoms with Gasteiger partial charge in [0.1, 0.15) is 0 Å². The van der Waals surface area contributed by atoms with Crippen molar-refractivity contribution in [2.24, 2.45) is 0 Å². The summed E-state index contributed by atoms with van der Waals surface area (Å²) < 4.78 is 1.38. The van der Waals surface area contributed by atoms with Crippen molar-refractivity contribution in [3.8, 4) is 0 Å². The molecular weight excluding hydrogens is 301 g/mol. The third-order valence-corrected chi connectivity index (χ3v) is 2.95. The van der Waals surface area contributed by atoms with Crippen molar-refractivity contribution in [2.75, 3.05) is 0 Å². The predicted molar refractivity (Wildman–Crippen MR) is 31.5 cm³/mol. The number of carbonyl (C=O) groups excluding carboxylic acids is 1. The van der Waals surface area contributed by atoms with Crippen LogP contribution in [0, 0.1) is 0 Å². The molecule has 0 bridgehead atoms. The molecule has 0 heterocycles. The van der Waals surface area contributed by atoms with E-state index in [1.54, 1.807) is 0 Å². The van der Waals surface area contributed by atoms with Gasteiger partial charge in [-0.05, 0) is 0 Å². The Hall–Kier alpha value is -0.175. The van der Waals surface area contributed by atoms with Gasteiger partial charge in [0, 0.05) is 0 Å². The normalized spacial score (nSPS) is 9.11. The van der Waals surface area contributed by atoms with Gasteiger partial charge in [0.15, 0.2) is 0 Å². The standard InChI is InChI=1S/C7H5O.Hg/c8-6-7-4-2-1-3-5-7;/h2-6H;. The van der Waals surface area contributed by atoms with Crippen molar-refractivity contribution in [2.45, 2.75) is 0 Å². The van der Waals surface area contributed by atoms with Crippen LogP contribution in [-0.2, 0) is 26.1 Å². The molecule has 0 aromatic heterocycles. The third-order valence-electron chi connectivity index (χ3n) is 1.12. The summed E-state index contributed by atoms with van der Waals surface area (Å²) in [5, 5.41) is 0. The Balaban J connectivity index is 3.01. The molecule has 0 aliphatic carbocycles. The molecule has 0 unspecified atom stereocenters. The van der Waals surface area contributed by atoms with Crippen LogP contribution in [0.5, 0.6) is 0 Å². The number of hydrogen-bond acceptors (Lipinski definition) is 1. The zero-order chi connectivity index (χ0) is 6.69. The number of rotatable bonds is 1. The molecule has 1 nitrogen and oxygen atoms in total. The van der Waals surface area contributed by atoms with Crippen LogP contribution in [0.4, 0.5) is 0 Å². The average Bonchev–Trinajstić information content (AvgIpc) is 1.90. The Bertz CT molecular complexity index is 203. The minimum absolute atomic E-state index is 0.684. The van der Waals surface area contributed by atoms with Gasteiger partial charge in [0.2, 0.25) is 0 Å². The molecule has 0 radical (unpaired) electrons. The number of hydrogen-bond donors (Lipinski definition) is 0. The van der Waals surface area contributed by atoms with Gasteiger partial charge >= 0.3 is 70.1 Å². The molecule has 0 saturated heterocycles. The summed E-state index contributed by atoms with van der Waals surface area (Å²) >= 11 is 0.684. The van der Waals surface area contributed by atoms with E-state index in [2.05, 4.69) is 0 Å². The fraction of sp³-hybridized carbons (Fsp3) is 0. The molecule has 0 spiro atoms. The van der Waals surface area contributed by atoms with Crippen molar-refractivity contribution < 1.29 is 30.9 Å². The SMILES string of the molecule is O=Cc1cc[c]([Hg])cc1. The molecule has 1 rings (SSSR count). The van der Waals surface area contributed by atoms with E-state index in [0.29, 0.717) is 26.1 Å². The zero-order valence-corrected chi connectivity index (χ0v) is 10.5. The second-order valence-corrected chi connectivity index (χ2v) is 5.03. The van der Waals surface area contributed by atoms with E-state index in [-0.39, 0.29) is 0 Å². The Morgan fingerprint density at radius 3 is 2.22 bits per heavy atom. The van der Waals surface area contributed by atoms with Crippen LogP contribution >= 0.6 is 0 Å². The molecule has 0 saturated carbocycles. The van der Waals surface area contributed by atoms with Crippen molar-refractivity contribution in [1.82, 2.24) is 0 Å². The van der Waals surface area contributed by atoms with Crippen LogP contribution < -0.4 is 3.07 Å². The van der Waals surface area contributed by atoms with Crippen molar-refractivity contribution >= 4 is 9.36 Å². The fourth-order valence-electron chi connectivity index (χ4n) is 0.596. The first-order chi connectivity index (χ1) is 4.33. The number of aldehydes is 1. The van der Waals surface area contributed by atoms with E-state index in [9.17, 15) is 4.79 Å². The quantitative estimate of drug-likeness (QED) is 0.551. The summed E-state index contributed by atoms with van der Waals surface area (Å²) in [6.45, 7) is 0. The van der Waals surface area contributed by atoms with Gasteiger partial charge in [0.05, 0.1) is 0 Å². The van der Waals surface area contributed by atoms with Crippen molar-refractivity contribution in [3.05, 3.63) is 29.8 Å². The van der Waals surface area contributed by atoms with E-state index in [1.807, 2.05) is 24.3 Å². The van der Waals surface area contributed by atoms with Crippen molar-refractivity contribution in [1.29, 1.82) is 0 Å². The molecule has 2 heteroatoms. The van der Waals surface area contributed by atoms with E-state index in [4.69, 9.17) is 0 Å². The molecule has 0 amide bonds. The van der Waals surface area contributed by atoms with Crippen molar-refractivity contribution in [3.63, 3.8) is 0 Å². The number of carbonyl (C=O) groups is 1. The Labute approximate surface area is 70.0 Å². The van der Waals surface area contributed by atoms with Gasteiger partial charge in [-0.1, -0.05) is 0 Å². The van der Waals surface area contributed by atoms with Gasteiger partial charge in [-0.15, -0.1) is 0 Å². The maximum atomic E-state index is 10.1. The Morgan fingerprint density at radius 1 is 1.22 bits per heavy atom. The second-order valence-electron chi connectivity index (χ2n) is 1.86. The second kappa shape index (κ2) is 3.11. The summed E-state index contributed by atoms with van der Waals surface area (Å²) in [4.78, 5) is 10.1. The van der Waals surface area contributed by atoms with Gasteiger partial charge in [0.25, 0.3) is 0 Å². The van der Waals surface area contributed by atoms with Crippen LogP contribution in [0.15, 0.2) is 24.3 Å². The van der Waals surface area contributed by atoms with Crippen LogP contribution in [0.2, 0.25) is 0 Å². The summed E-state index contributed by atoms with van der Waals surface area (Å²) in [6, 6.07) is 7.73. The van der Waals surface area contributed by atoms with Crippen LogP contribution in [0.25, 0.3) is 0 Å². The molecule has 0 aliphatic heterocycles. The average molecular weight is 306 g/mol. The van der Waals surface area contributed by atoms with Crippen LogP contribution in [0.3, 0.4) is 0 Å². The van der Waals surface area contributed by atoms with E-state index in [1.165, 1.54) is 3.07 Å². The van der Waals surface area contributed by atoms with Crippen LogP contribution in [0.1, 0.15) is 10.4 Å².